The van der Waals surface area contributed by atoms with E-state index in [0.717, 1.165) is 18.8 Å². The van der Waals surface area contributed by atoms with Crippen molar-refractivity contribution in [1.82, 2.24) is 5.32 Å². The van der Waals surface area contributed by atoms with E-state index >= 15 is 0 Å². The zero-order valence-corrected chi connectivity index (χ0v) is 15.5. The molecule has 0 spiro atoms. The van der Waals surface area contributed by atoms with Crippen molar-refractivity contribution in [3.63, 3.8) is 0 Å². The maximum Gasteiger partial charge on any atom is 0.337 e. The smallest absolute Gasteiger partial charge is 0.337 e. The molecule has 1 aromatic carbocycles. The van der Waals surface area contributed by atoms with E-state index in [1.54, 1.807) is 0 Å². The van der Waals surface area contributed by atoms with Crippen LogP contribution < -0.4 is 5.32 Å². The summed E-state index contributed by atoms with van der Waals surface area (Å²) in [5.41, 5.74) is 3.79. The van der Waals surface area contributed by atoms with Crippen LogP contribution in [-0.4, -0.2) is 19.1 Å². The first-order valence-corrected chi connectivity index (χ1v) is 9.35. The van der Waals surface area contributed by atoms with E-state index in [-0.39, 0.29) is 5.97 Å². The maximum atomic E-state index is 11.7. The van der Waals surface area contributed by atoms with Gasteiger partial charge in [0.2, 0.25) is 0 Å². The third-order valence-electron chi connectivity index (χ3n) is 6.03. The number of hydrogen-bond acceptors (Lipinski definition) is 3. The van der Waals surface area contributed by atoms with Gasteiger partial charge in [-0.2, -0.15) is 0 Å². The van der Waals surface area contributed by atoms with Crippen LogP contribution in [0.2, 0.25) is 0 Å². The Morgan fingerprint density at radius 1 is 1.12 bits per heavy atom. The third kappa shape index (κ3) is 3.66. The minimum Gasteiger partial charge on any atom is -0.465 e. The molecule has 0 bridgehead atoms. The van der Waals surface area contributed by atoms with Crippen molar-refractivity contribution in [1.29, 1.82) is 0 Å². The van der Waals surface area contributed by atoms with Crippen LogP contribution in [0.4, 0.5) is 0 Å². The molecule has 3 rings (SSSR count). The number of benzene rings is 1. The van der Waals surface area contributed by atoms with E-state index in [2.05, 4.69) is 32.2 Å². The Hall–Kier alpha value is -1.35. The quantitative estimate of drug-likeness (QED) is 0.820. The molecule has 24 heavy (non-hydrogen) atoms. The van der Waals surface area contributed by atoms with E-state index in [9.17, 15) is 4.79 Å². The Balaban J connectivity index is 1.61. The molecule has 2 aliphatic carbocycles. The van der Waals surface area contributed by atoms with Gasteiger partial charge in [-0.25, -0.2) is 4.79 Å². The lowest BCUT2D eigenvalue weighted by molar-refractivity contribution is 0.0600. The van der Waals surface area contributed by atoms with Crippen molar-refractivity contribution in [2.45, 2.75) is 71.4 Å². The second-order valence-corrected chi connectivity index (χ2v) is 8.58. The molecule has 2 aliphatic rings. The number of fused-ring (bicyclic) bond motifs is 1. The molecule has 1 saturated carbocycles. The van der Waals surface area contributed by atoms with Crippen molar-refractivity contribution in [2.75, 3.05) is 7.11 Å². The van der Waals surface area contributed by atoms with Crippen LogP contribution in [0.3, 0.4) is 0 Å². The van der Waals surface area contributed by atoms with Gasteiger partial charge in [0.1, 0.15) is 0 Å². The fourth-order valence-electron chi connectivity index (χ4n) is 4.45. The average molecular weight is 329 g/mol. The molecule has 1 fully saturated rings. The van der Waals surface area contributed by atoms with Crippen LogP contribution in [0, 0.1) is 11.3 Å². The Morgan fingerprint density at radius 3 is 2.46 bits per heavy atom. The average Bonchev–Trinajstić information content (AvgIpc) is 2.96. The van der Waals surface area contributed by atoms with Gasteiger partial charge in [0.15, 0.2) is 0 Å². The highest BCUT2D eigenvalue weighted by molar-refractivity contribution is 5.89. The molecule has 0 radical (unpaired) electrons. The van der Waals surface area contributed by atoms with Crippen LogP contribution in [0.25, 0.3) is 0 Å². The molecular formula is C21H31NO2. The fraction of sp³-hybridized carbons (Fsp3) is 0.667. The van der Waals surface area contributed by atoms with E-state index in [4.69, 9.17) is 4.74 Å². The summed E-state index contributed by atoms with van der Waals surface area (Å²) in [6.07, 6.45) is 7.43. The summed E-state index contributed by atoms with van der Waals surface area (Å²) in [7, 11) is 1.44. The number of esters is 1. The number of carbonyl (C=O) groups is 1. The van der Waals surface area contributed by atoms with E-state index in [1.165, 1.54) is 43.9 Å². The molecule has 1 aromatic rings. The second kappa shape index (κ2) is 6.87. The first-order chi connectivity index (χ1) is 11.4. The van der Waals surface area contributed by atoms with Gasteiger partial charge in [-0.3, -0.25) is 0 Å². The Bertz CT molecular complexity index is 594. The molecule has 0 heterocycles. The molecule has 0 aliphatic heterocycles. The van der Waals surface area contributed by atoms with Crippen molar-refractivity contribution >= 4 is 5.97 Å². The minimum absolute atomic E-state index is 0.241. The van der Waals surface area contributed by atoms with Gasteiger partial charge in [0.05, 0.1) is 12.7 Å². The highest BCUT2D eigenvalue weighted by Crippen LogP contribution is 2.39. The Kier molecular flexibility index (Phi) is 5.00. The number of aryl methyl sites for hydroxylation is 1. The standard InChI is InChI=1S/C21H31NO2/c1-21(2,3)16-7-9-17(10-8-16)22-19-12-6-14-13-15(20(23)24-4)5-11-18(14)19/h5,11,13,16-17,19,22H,6-10,12H2,1-4H3/t16-,17-,19?. The van der Waals surface area contributed by atoms with Crippen molar-refractivity contribution in [3.8, 4) is 0 Å². The van der Waals surface area contributed by atoms with Crippen molar-refractivity contribution < 1.29 is 9.53 Å². The summed E-state index contributed by atoms with van der Waals surface area (Å²) in [5.74, 6) is 0.615. The van der Waals surface area contributed by atoms with Crippen molar-refractivity contribution in [2.24, 2.45) is 11.3 Å². The second-order valence-electron chi connectivity index (χ2n) is 8.58. The lowest BCUT2D eigenvalue weighted by Gasteiger charge is -2.38. The van der Waals surface area contributed by atoms with Crippen LogP contribution in [-0.2, 0) is 11.2 Å². The summed E-state index contributed by atoms with van der Waals surface area (Å²) >= 11 is 0. The SMILES string of the molecule is COC(=O)c1ccc2c(c1)CCC2N[C@H]1CC[C@H](C(C)(C)C)CC1. The van der Waals surface area contributed by atoms with Gasteiger partial charge in [0.25, 0.3) is 0 Å². The zero-order valence-electron chi connectivity index (χ0n) is 15.5. The molecule has 1 unspecified atom stereocenters. The van der Waals surface area contributed by atoms with Crippen LogP contribution in [0.15, 0.2) is 18.2 Å². The molecular weight excluding hydrogens is 298 g/mol. The lowest BCUT2D eigenvalue weighted by Crippen LogP contribution is -2.37. The Labute approximate surface area is 146 Å². The molecule has 0 saturated heterocycles. The predicted molar refractivity (Wildman–Crippen MR) is 97.2 cm³/mol. The normalized spacial score (nSPS) is 26.9. The number of rotatable bonds is 3. The fourth-order valence-corrected chi connectivity index (χ4v) is 4.45. The molecule has 1 N–H and O–H groups in total. The molecule has 0 aromatic heterocycles. The first kappa shape index (κ1) is 17.5. The van der Waals surface area contributed by atoms with Crippen LogP contribution >= 0.6 is 0 Å². The molecule has 3 nitrogen and oxygen atoms in total. The number of nitrogens with one attached hydrogen (secondary N) is 1. The highest BCUT2D eigenvalue weighted by Gasteiger charge is 2.32. The number of carbonyl (C=O) groups excluding carboxylic acids is 1. The first-order valence-electron chi connectivity index (χ1n) is 9.35. The lowest BCUT2D eigenvalue weighted by atomic mass is 9.71. The number of methoxy groups -OCH3 is 1. The van der Waals surface area contributed by atoms with Crippen LogP contribution in [0.1, 0.15) is 80.4 Å². The topological polar surface area (TPSA) is 38.3 Å². The van der Waals surface area contributed by atoms with Crippen molar-refractivity contribution in [3.05, 3.63) is 34.9 Å². The third-order valence-corrected chi connectivity index (χ3v) is 6.03. The molecule has 132 valence electrons. The van der Waals surface area contributed by atoms with E-state index in [0.29, 0.717) is 23.1 Å². The predicted octanol–water partition coefficient (Wildman–Crippen LogP) is 4.66. The summed E-state index contributed by atoms with van der Waals surface area (Å²) < 4.78 is 4.83. The monoisotopic (exact) mass is 329 g/mol. The number of ether oxygens (including phenoxy) is 1. The van der Waals surface area contributed by atoms with Gasteiger partial charge in [-0.05, 0) is 73.1 Å². The van der Waals surface area contributed by atoms with Gasteiger partial charge in [-0.1, -0.05) is 26.8 Å². The molecule has 1 atom stereocenters. The van der Waals surface area contributed by atoms with Gasteiger partial charge >= 0.3 is 5.97 Å². The van der Waals surface area contributed by atoms with E-state index in [1.807, 2.05) is 12.1 Å². The molecule has 0 amide bonds. The van der Waals surface area contributed by atoms with E-state index < -0.39 is 0 Å². The number of hydrogen-bond donors (Lipinski definition) is 1. The zero-order chi connectivity index (χ0) is 17.3. The van der Waals surface area contributed by atoms with Gasteiger partial charge in [0, 0.05) is 12.1 Å². The summed E-state index contributed by atoms with van der Waals surface area (Å²) in [6.45, 7) is 7.12. The maximum absolute atomic E-state index is 11.7. The highest BCUT2D eigenvalue weighted by atomic mass is 16.5. The summed E-state index contributed by atoms with van der Waals surface area (Å²) in [5, 5.41) is 3.89. The summed E-state index contributed by atoms with van der Waals surface area (Å²) in [4.78, 5) is 11.7. The van der Waals surface area contributed by atoms with Gasteiger partial charge < -0.3 is 10.1 Å². The van der Waals surface area contributed by atoms with Crippen LogP contribution in [0.5, 0.6) is 0 Å². The largest absolute Gasteiger partial charge is 0.465 e. The Morgan fingerprint density at radius 2 is 1.83 bits per heavy atom. The minimum atomic E-state index is -0.241. The van der Waals surface area contributed by atoms with Gasteiger partial charge in [-0.15, -0.1) is 0 Å². The molecule has 3 heteroatoms. The summed E-state index contributed by atoms with van der Waals surface area (Å²) in [6, 6.07) is 7.12.